The molecule has 1 aromatic carbocycles. The average Bonchev–Trinajstić information content (AvgIpc) is 3.13. The van der Waals surface area contributed by atoms with Crippen molar-refractivity contribution in [3.63, 3.8) is 0 Å². The molecule has 3 rings (SSSR count). The molecule has 2 fully saturated rings. The van der Waals surface area contributed by atoms with Crippen molar-refractivity contribution >= 4 is 18.0 Å². The first-order valence-electron chi connectivity index (χ1n) is 14.2. The second kappa shape index (κ2) is 15.6. The number of ether oxygens (including phenoxy) is 1. The number of urea groups is 1. The van der Waals surface area contributed by atoms with Crippen molar-refractivity contribution in [1.82, 2.24) is 14.7 Å². The Morgan fingerprint density at radius 2 is 1.70 bits per heavy atom. The molecular formula is C29H45N3O5. The number of amides is 2. The maximum Gasteiger partial charge on any atom is 0.320 e. The second-order valence-corrected chi connectivity index (χ2v) is 10.5. The molecule has 1 heterocycles. The molecule has 206 valence electrons. The van der Waals surface area contributed by atoms with Crippen LogP contribution in [0.25, 0.3) is 0 Å². The quantitative estimate of drug-likeness (QED) is 0.283. The number of hydrogen-bond acceptors (Lipinski definition) is 5. The molecule has 37 heavy (non-hydrogen) atoms. The Morgan fingerprint density at radius 3 is 2.43 bits per heavy atom. The zero-order valence-electron chi connectivity index (χ0n) is 22.5. The van der Waals surface area contributed by atoms with Crippen molar-refractivity contribution < 1.29 is 24.2 Å². The highest BCUT2D eigenvalue weighted by atomic mass is 16.5. The third-order valence-electron chi connectivity index (χ3n) is 7.69. The van der Waals surface area contributed by atoms with Crippen molar-refractivity contribution in [3.8, 4) is 0 Å². The number of carboxylic acid groups (broad SMARTS) is 1. The smallest absolute Gasteiger partial charge is 0.320 e. The fourth-order valence-corrected chi connectivity index (χ4v) is 5.34. The third-order valence-corrected chi connectivity index (χ3v) is 7.69. The molecule has 1 aromatic rings. The standard InChI is InChI=1S/C29H45N3O5/c1-2-30-15-11-16-31(19-18-30)29(36)32(17-10-5-3-4-9-14-27(33)34)26-20-25(21-26)22-28(35)37-23-24-12-7-6-8-13-24/h6-8,12-13,25-26H,2-5,9-11,14-23H2,1H3,(H,33,34). The van der Waals surface area contributed by atoms with Gasteiger partial charge in [0.2, 0.25) is 0 Å². The normalized spacial score (nSPS) is 20.1. The van der Waals surface area contributed by atoms with Gasteiger partial charge in [-0.15, -0.1) is 0 Å². The number of nitrogens with zero attached hydrogens (tertiary/aromatic N) is 3. The Kier molecular flexibility index (Phi) is 12.2. The van der Waals surface area contributed by atoms with Crippen LogP contribution in [0.2, 0.25) is 0 Å². The second-order valence-electron chi connectivity index (χ2n) is 10.5. The molecule has 2 aliphatic rings. The predicted molar refractivity (Wildman–Crippen MR) is 143 cm³/mol. The summed E-state index contributed by atoms with van der Waals surface area (Å²) in [5.74, 6) is -0.641. The molecule has 1 N–H and O–H groups in total. The maximum absolute atomic E-state index is 13.6. The summed E-state index contributed by atoms with van der Waals surface area (Å²) in [5.41, 5.74) is 0.987. The predicted octanol–water partition coefficient (Wildman–Crippen LogP) is 4.77. The lowest BCUT2D eigenvalue weighted by Gasteiger charge is -2.44. The number of esters is 1. The SMILES string of the molecule is CCN1CCCN(C(=O)N(CCCCCCCC(=O)O)C2CC(CC(=O)OCc3ccccc3)C2)CC1. The van der Waals surface area contributed by atoms with Gasteiger partial charge in [0.25, 0.3) is 0 Å². The molecule has 1 saturated carbocycles. The number of carbonyl (C=O) groups excluding carboxylic acids is 2. The van der Waals surface area contributed by atoms with Gasteiger partial charge in [-0.05, 0) is 56.7 Å². The van der Waals surface area contributed by atoms with E-state index in [1.165, 1.54) is 0 Å². The zero-order chi connectivity index (χ0) is 26.5. The van der Waals surface area contributed by atoms with Gasteiger partial charge in [0.05, 0.1) is 0 Å². The number of hydrogen-bond donors (Lipinski definition) is 1. The van der Waals surface area contributed by atoms with Gasteiger partial charge in [-0.2, -0.15) is 0 Å². The van der Waals surface area contributed by atoms with Gasteiger partial charge in [0.15, 0.2) is 0 Å². The Balaban J connectivity index is 1.46. The topological polar surface area (TPSA) is 90.4 Å². The number of aliphatic carboxylic acids is 1. The van der Waals surface area contributed by atoms with Gasteiger partial charge in [-0.1, -0.05) is 56.5 Å². The largest absolute Gasteiger partial charge is 0.481 e. The van der Waals surface area contributed by atoms with Gasteiger partial charge in [-0.25, -0.2) is 4.79 Å². The van der Waals surface area contributed by atoms with Crippen LogP contribution in [0.3, 0.4) is 0 Å². The van der Waals surface area contributed by atoms with Gasteiger partial charge < -0.3 is 24.5 Å². The highest BCUT2D eigenvalue weighted by Gasteiger charge is 2.38. The van der Waals surface area contributed by atoms with Crippen LogP contribution in [0.5, 0.6) is 0 Å². The first-order chi connectivity index (χ1) is 18.0. The van der Waals surface area contributed by atoms with Crippen LogP contribution in [0.1, 0.15) is 76.7 Å². The molecule has 8 nitrogen and oxygen atoms in total. The summed E-state index contributed by atoms with van der Waals surface area (Å²) in [5, 5.41) is 8.80. The van der Waals surface area contributed by atoms with Crippen LogP contribution in [-0.4, -0.2) is 83.1 Å². The minimum atomic E-state index is -0.737. The summed E-state index contributed by atoms with van der Waals surface area (Å²) >= 11 is 0. The van der Waals surface area contributed by atoms with Crippen LogP contribution in [-0.2, 0) is 20.9 Å². The molecule has 0 aromatic heterocycles. The summed E-state index contributed by atoms with van der Waals surface area (Å²) in [4.78, 5) is 43.1. The van der Waals surface area contributed by atoms with Gasteiger partial charge in [0.1, 0.15) is 6.61 Å². The van der Waals surface area contributed by atoms with Crippen LogP contribution in [0, 0.1) is 5.92 Å². The van der Waals surface area contributed by atoms with Crippen molar-refractivity contribution in [2.45, 2.75) is 83.8 Å². The summed E-state index contributed by atoms with van der Waals surface area (Å²) in [6.45, 7) is 7.72. The van der Waals surface area contributed by atoms with E-state index in [0.29, 0.717) is 19.4 Å². The van der Waals surface area contributed by atoms with E-state index in [4.69, 9.17) is 9.84 Å². The fraction of sp³-hybridized carbons (Fsp3) is 0.690. The number of carbonyl (C=O) groups is 3. The molecular weight excluding hydrogens is 470 g/mol. The first-order valence-corrected chi connectivity index (χ1v) is 14.2. The van der Waals surface area contributed by atoms with Crippen LogP contribution < -0.4 is 0 Å². The molecule has 8 heteroatoms. The highest BCUT2D eigenvalue weighted by molar-refractivity contribution is 5.75. The lowest BCUT2D eigenvalue weighted by Crippen LogP contribution is -2.54. The van der Waals surface area contributed by atoms with E-state index in [-0.39, 0.29) is 30.4 Å². The molecule has 2 amide bonds. The van der Waals surface area contributed by atoms with E-state index in [2.05, 4.69) is 16.7 Å². The third kappa shape index (κ3) is 9.99. The Bertz CT molecular complexity index is 843. The number of carboxylic acids is 1. The first kappa shape index (κ1) is 29.0. The summed E-state index contributed by atoms with van der Waals surface area (Å²) in [6.07, 6.45) is 7.86. The Labute approximate surface area is 221 Å². The molecule has 0 bridgehead atoms. The average molecular weight is 516 g/mol. The zero-order valence-corrected chi connectivity index (χ0v) is 22.5. The van der Waals surface area contributed by atoms with Gasteiger partial charge in [0, 0.05) is 45.1 Å². The van der Waals surface area contributed by atoms with Crippen LogP contribution >= 0.6 is 0 Å². The molecule has 0 unspecified atom stereocenters. The van der Waals surface area contributed by atoms with E-state index in [1.54, 1.807) is 0 Å². The molecule has 0 atom stereocenters. The summed E-state index contributed by atoms with van der Waals surface area (Å²) < 4.78 is 5.46. The van der Waals surface area contributed by atoms with Crippen molar-refractivity contribution in [2.75, 3.05) is 39.3 Å². The van der Waals surface area contributed by atoms with Crippen molar-refractivity contribution in [3.05, 3.63) is 35.9 Å². The van der Waals surface area contributed by atoms with Gasteiger partial charge in [-0.3, -0.25) is 9.59 Å². The van der Waals surface area contributed by atoms with E-state index in [9.17, 15) is 14.4 Å². The molecule has 1 saturated heterocycles. The fourth-order valence-electron chi connectivity index (χ4n) is 5.34. The van der Waals surface area contributed by atoms with Crippen LogP contribution in [0.15, 0.2) is 30.3 Å². The molecule has 0 radical (unpaired) electrons. The Morgan fingerprint density at radius 1 is 0.973 bits per heavy atom. The van der Waals surface area contributed by atoms with Crippen molar-refractivity contribution in [2.24, 2.45) is 5.92 Å². The van der Waals surface area contributed by atoms with Gasteiger partial charge >= 0.3 is 18.0 Å². The summed E-state index contributed by atoms with van der Waals surface area (Å²) in [7, 11) is 0. The molecule has 1 aliphatic carbocycles. The van der Waals surface area contributed by atoms with Crippen LogP contribution in [0.4, 0.5) is 4.79 Å². The van der Waals surface area contributed by atoms with E-state index in [1.807, 2.05) is 35.2 Å². The summed E-state index contributed by atoms with van der Waals surface area (Å²) in [6, 6.07) is 10.0. The minimum Gasteiger partial charge on any atom is -0.481 e. The van der Waals surface area contributed by atoms with E-state index >= 15 is 0 Å². The number of likely N-dealkylation sites (N-methyl/N-ethyl adjacent to an activating group) is 1. The number of rotatable bonds is 14. The minimum absolute atomic E-state index is 0.138. The lowest BCUT2D eigenvalue weighted by molar-refractivity contribution is -0.147. The van der Waals surface area contributed by atoms with Crippen molar-refractivity contribution in [1.29, 1.82) is 0 Å². The molecule has 1 aliphatic heterocycles. The molecule has 0 spiro atoms. The number of unbranched alkanes of at least 4 members (excludes halogenated alkanes) is 4. The monoisotopic (exact) mass is 515 g/mol. The maximum atomic E-state index is 13.6. The van der Waals surface area contributed by atoms with E-state index < -0.39 is 5.97 Å². The number of benzene rings is 1. The lowest BCUT2D eigenvalue weighted by atomic mass is 9.77. The van der Waals surface area contributed by atoms with E-state index in [0.717, 1.165) is 89.8 Å². The highest BCUT2D eigenvalue weighted by Crippen LogP contribution is 2.35. The Hall–Kier alpha value is -2.61.